The molecule has 1 aliphatic carbocycles. The third-order valence-corrected chi connectivity index (χ3v) is 5.97. The highest BCUT2D eigenvalue weighted by Gasteiger charge is 2.29. The first-order valence-corrected chi connectivity index (χ1v) is 10.4. The van der Waals surface area contributed by atoms with E-state index in [1.807, 2.05) is 36.4 Å². The van der Waals surface area contributed by atoms with Gasteiger partial charge in [0, 0.05) is 55.1 Å². The summed E-state index contributed by atoms with van der Waals surface area (Å²) >= 11 is 0. The number of piperazine rings is 1. The number of anilines is 3. The van der Waals surface area contributed by atoms with Crippen LogP contribution in [0.4, 0.5) is 17.1 Å². The van der Waals surface area contributed by atoms with Crippen molar-refractivity contribution in [1.82, 2.24) is 0 Å². The minimum Gasteiger partial charge on any atom is -0.550 e. The van der Waals surface area contributed by atoms with Gasteiger partial charge < -0.3 is 25.0 Å². The zero-order chi connectivity index (χ0) is 20.9. The van der Waals surface area contributed by atoms with Gasteiger partial charge in [-0.05, 0) is 49.2 Å². The smallest absolute Gasteiger partial charge is 0.228 e. The van der Waals surface area contributed by atoms with Crippen LogP contribution in [-0.2, 0) is 9.59 Å². The molecule has 30 heavy (non-hydrogen) atoms. The second kappa shape index (κ2) is 9.03. The molecule has 0 bridgehead atoms. The second-order valence-electron chi connectivity index (χ2n) is 7.82. The fourth-order valence-electron chi connectivity index (χ4n) is 4.22. The Morgan fingerprint density at radius 2 is 1.30 bits per heavy atom. The highest BCUT2D eigenvalue weighted by atomic mass is 16.4. The molecule has 0 radical (unpaired) electrons. The molecular weight excluding hydrogens is 378 g/mol. The first-order chi connectivity index (χ1) is 14.6. The largest absolute Gasteiger partial charge is 0.550 e. The predicted octanol–water partition coefficient (Wildman–Crippen LogP) is 2.28. The number of aliphatic carboxylic acids is 1. The zero-order valence-corrected chi connectivity index (χ0v) is 16.9. The van der Waals surface area contributed by atoms with Crippen LogP contribution in [0.2, 0.25) is 0 Å². The Morgan fingerprint density at radius 3 is 1.87 bits per heavy atom. The van der Waals surface area contributed by atoms with E-state index >= 15 is 0 Å². The summed E-state index contributed by atoms with van der Waals surface area (Å²) < 4.78 is 0. The number of para-hydroxylation sites is 1. The molecule has 1 N–H and O–H groups in total. The molecule has 1 aliphatic heterocycles. The molecule has 1 saturated heterocycles. The lowest BCUT2D eigenvalue weighted by Crippen LogP contribution is -2.46. The number of rotatable bonds is 5. The van der Waals surface area contributed by atoms with Crippen LogP contribution in [0.3, 0.4) is 0 Å². The SMILES string of the molecule is O=C([O-])C1CC=CCC1C(=O)Nc1ccc(N2CCN(c3ccccc3)CC2)cc1. The van der Waals surface area contributed by atoms with Gasteiger partial charge in [0.15, 0.2) is 0 Å². The number of nitrogens with one attached hydrogen (secondary N) is 1. The summed E-state index contributed by atoms with van der Waals surface area (Å²) in [4.78, 5) is 28.6. The van der Waals surface area contributed by atoms with Crippen molar-refractivity contribution in [3.8, 4) is 0 Å². The van der Waals surface area contributed by atoms with E-state index in [0.717, 1.165) is 31.9 Å². The fraction of sp³-hybridized carbons (Fsp3) is 0.333. The molecule has 0 spiro atoms. The Balaban J connectivity index is 1.34. The molecule has 2 atom stereocenters. The first-order valence-electron chi connectivity index (χ1n) is 10.4. The molecule has 4 rings (SSSR count). The van der Waals surface area contributed by atoms with E-state index in [9.17, 15) is 14.7 Å². The van der Waals surface area contributed by atoms with Crippen molar-refractivity contribution in [2.24, 2.45) is 11.8 Å². The van der Waals surface area contributed by atoms with E-state index in [1.54, 1.807) is 6.08 Å². The van der Waals surface area contributed by atoms with E-state index < -0.39 is 17.8 Å². The Kier molecular flexibility index (Phi) is 6.02. The van der Waals surface area contributed by atoms with E-state index in [0.29, 0.717) is 18.5 Å². The lowest BCUT2D eigenvalue weighted by Gasteiger charge is -2.37. The minimum atomic E-state index is -1.16. The fourth-order valence-corrected chi connectivity index (χ4v) is 4.22. The van der Waals surface area contributed by atoms with Crippen LogP contribution >= 0.6 is 0 Å². The Bertz CT molecular complexity index is 903. The highest BCUT2D eigenvalue weighted by Crippen LogP contribution is 2.27. The quantitative estimate of drug-likeness (QED) is 0.774. The molecular formula is C24H26N3O3-. The van der Waals surface area contributed by atoms with E-state index in [4.69, 9.17) is 0 Å². The molecule has 6 nitrogen and oxygen atoms in total. The summed E-state index contributed by atoms with van der Waals surface area (Å²) in [5.41, 5.74) is 3.05. The van der Waals surface area contributed by atoms with Crippen molar-refractivity contribution in [3.63, 3.8) is 0 Å². The monoisotopic (exact) mass is 404 g/mol. The molecule has 0 aromatic heterocycles. The summed E-state index contributed by atoms with van der Waals surface area (Å²) in [6.45, 7) is 3.79. The average Bonchev–Trinajstić information content (AvgIpc) is 2.80. The topological polar surface area (TPSA) is 75.7 Å². The summed E-state index contributed by atoms with van der Waals surface area (Å²) in [5.74, 6) is -2.79. The molecule has 1 heterocycles. The van der Waals surface area contributed by atoms with Crippen LogP contribution in [0.15, 0.2) is 66.7 Å². The number of hydrogen-bond donors (Lipinski definition) is 1. The van der Waals surface area contributed by atoms with Gasteiger partial charge in [0.1, 0.15) is 0 Å². The Labute approximate surface area is 176 Å². The van der Waals surface area contributed by atoms with Crippen LogP contribution in [0.25, 0.3) is 0 Å². The van der Waals surface area contributed by atoms with Gasteiger partial charge in [-0.25, -0.2) is 0 Å². The Hall–Kier alpha value is -3.28. The average molecular weight is 404 g/mol. The third kappa shape index (κ3) is 4.48. The molecule has 1 fully saturated rings. The van der Waals surface area contributed by atoms with Gasteiger partial charge >= 0.3 is 0 Å². The van der Waals surface area contributed by atoms with E-state index in [2.05, 4.69) is 39.4 Å². The van der Waals surface area contributed by atoms with Gasteiger partial charge in [-0.1, -0.05) is 30.4 Å². The van der Waals surface area contributed by atoms with E-state index in [-0.39, 0.29) is 5.91 Å². The van der Waals surface area contributed by atoms with Crippen molar-refractivity contribution in [2.45, 2.75) is 12.8 Å². The van der Waals surface area contributed by atoms with E-state index in [1.165, 1.54) is 5.69 Å². The van der Waals surface area contributed by atoms with Crippen molar-refractivity contribution < 1.29 is 14.7 Å². The van der Waals surface area contributed by atoms with Gasteiger partial charge in [0.05, 0.1) is 5.92 Å². The maximum atomic E-state index is 12.6. The lowest BCUT2D eigenvalue weighted by atomic mass is 9.82. The van der Waals surface area contributed by atoms with Gasteiger partial charge in [-0.2, -0.15) is 0 Å². The van der Waals surface area contributed by atoms with Crippen LogP contribution in [0.1, 0.15) is 12.8 Å². The van der Waals surface area contributed by atoms with Crippen LogP contribution in [-0.4, -0.2) is 38.1 Å². The zero-order valence-electron chi connectivity index (χ0n) is 16.9. The van der Waals surface area contributed by atoms with Crippen molar-refractivity contribution in [1.29, 1.82) is 0 Å². The van der Waals surface area contributed by atoms with Gasteiger partial charge in [0.25, 0.3) is 0 Å². The lowest BCUT2D eigenvalue weighted by molar-refractivity contribution is -0.313. The molecule has 2 aliphatic rings. The van der Waals surface area contributed by atoms with Crippen molar-refractivity contribution in [3.05, 3.63) is 66.7 Å². The van der Waals surface area contributed by atoms with Crippen LogP contribution < -0.4 is 20.2 Å². The summed E-state index contributed by atoms with van der Waals surface area (Å²) in [5, 5.41) is 14.2. The van der Waals surface area contributed by atoms with Gasteiger partial charge in [-0.15, -0.1) is 0 Å². The molecule has 2 aromatic carbocycles. The maximum Gasteiger partial charge on any atom is 0.228 e. The van der Waals surface area contributed by atoms with Crippen LogP contribution in [0, 0.1) is 11.8 Å². The van der Waals surface area contributed by atoms with Crippen molar-refractivity contribution in [2.75, 3.05) is 41.3 Å². The number of hydrogen-bond acceptors (Lipinski definition) is 5. The summed E-state index contributed by atoms with van der Waals surface area (Å²) in [7, 11) is 0. The summed E-state index contributed by atoms with van der Waals surface area (Å²) in [6.07, 6.45) is 4.43. The number of allylic oxidation sites excluding steroid dienone is 2. The third-order valence-electron chi connectivity index (χ3n) is 5.97. The predicted molar refractivity (Wildman–Crippen MR) is 116 cm³/mol. The number of benzene rings is 2. The highest BCUT2D eigenvalue weighted by molar-refractivity contribution is 5.95. The number of amides is 1. The number of carboxylic acid groups (broad SMARTS) is 1. The first kappa shape index (κ1) is 20.0. The Morgan fingerprint density at radius 1 is 0.767 bits per heavy atom. The number of carbonyl (C=O) groups is 2. The normalized spacial score (nSPS) is 21.3. The molecule has 0 saturated carbocycles. The van der Waals surface area contributed by atoms with Crippen LogP contribution in [0.5, 0.6) is 0 Å². The second-order valence-corrected chi connectivity index (χ2v) is 7.82. The molecule has 2 aromatic rings. The van der Waals surface area contributed by atoms with Gasteiger partial charge in [-0.3, -0.25) is 4.79 Å². The summed E-state index contributed by atoms with van der Waals surface area (Å²) in [6, 6.07) is 18.2. The maximum absolute atomic E-state index is 12.6. The number of carbonyl (C=O) groups excluding carboxylic acids is 2. The van der Waals surface area contributed by atoms with Gasteiger partial charge in [0.2, 0.25) is 5.91 Å². The van der Waals surface area contributed by atoms with Crippen molar-refractivity contribution >= 4 is 28.9 Å². The minimum absolute atomic E-state index is 0.266. The molecule has 2 unspecified atom stereocenters. The molecule has 156 valence electrons. The standard InChI is InChI=1S/C24H27N3O3/c28-23(21-8-4-5-9-22(21)24(29)30)25-18-10-12-20(13-11-18)27-16-14-26(15-17-27)19-6-2-1-3-7-19/h1-7,10-13,21-22H,8-9,14-17H2,(H,25,28)(H,29,30)/p-1. The number of nitrogens with zero attached hydrogens (tertiary/aromatic N) is 2. The molecule has 6 heteroatoms. The molecule has 1 amide bonds. The number of carboxylic acids is 1.